The molecule has 0 amide bonds. The van der Waals surface area contributed by atoms with Crippen LogP contribution in [0.3, 0.4) is 0 Å². The van der Waals surface area contributed by atoms with Crippen LogP contribution >= 0.6 is 0 Å². The second-order valence-corrected chi connectivity index (χ2v) is 12.1. The summed E-state index contributed by atoms with van der Waals surface area (Å²) >= 11 is 0. The molecule has 0 aliphatic heterocycles. The van der Waals surface area contributed by atoms with Gasteiger partial charge in [0.1, 0.15) is 10.1 Å². The third-order valence-electron chi connectivity index (χ3n) is 7.45. The monoisotopic (exact) mass is 554 g/mol. The number of fused-ring (bicyclic) bond motifs is 1. The van der Waals surface area contributed by atoms with Crippen molar-refractivity contribution in [3.63, 3.8) is 0 Å². The van der Waals surface area contributed by atoms with Crippen LogP contribution in [0.4, 0.5) is 0 Å². The van der Waals surface area contributed by atoms with Crippen molar-refractivity contribution in [2.75, 3.05) is 0 Å². The largest absolute Gasteiger partial charge is 1.00 e. The quantitative estimate of drug-likeness (QED) is 0.0958. The summed E-state index contributed by atoms with van der Waals surface area (Å²) in [6, 6.07) is 9.67. The Labute approximate surface area is 271 Å². The predicted octanol–water partition coefficient (Wildman–Crippen LogP) is 6.89. The molecule has 0 saturated carbocycles. The maximum Gasteiger partial charge on any atom is 1.00 e. The van der Waals surface area contributed by atoms with Gasteiger partial charge in [-0.3, -0.25) is 0 Å². The summed E-state index contributed by atoms with van der Waals surface area (Å²) in [4.78, 5) is -0.0550. The van der Waals surface area contributed by atoms with E-state index in [1.165, 1.54) is 102 Å². The third kappa shape index (κ3) is 15.0. The SMILES string of the molecule is CCCCCCCCCCCc1ccc2c(S(=O)(=O)[O-])cc(CCCCCCCCCCC)cc2c1.[K+]. The summed E-state index contributed by atoms with van der Waals surface area (Å²) in [6.45, 7) is 4.50. The van der Waals surface area contributed by atoms with Gasteiger partial charge in [0.2, 0.25) is 0 Å². The molecule has 0 aliphatic carbocycles. The summed E-state index contributed by atoms with van der Waals surface area (Å²) in [6.07, 6.45) is 24.9. The molecule has 204 valence electrons. The molecular weight excluding hydrogens is 504 g/mol. The van der Waals surface area contributed by atoms with E-state index in [0.717, 1.165) is 43.1 Å². The first kappa shape index (κ1) is 35.3. The van der Waals surface area contributed by atoms with Crippen LogP contribution in [0.5, 0.6) is 0 Å². The maximum absolute atomic E-state index is 12.0. The summed E-state index contributed by atoms with van der Waals surface area (Å²) in [7, 11) is -4.50. The average molecular weight is 555 g/mol. The molecule has 2 rings (SSSR count). The minimum absolute atomic E-state index is 0. The topological polar surface area (TPSA) is 57.2 Å². The van der Waals surface area contributed by atoms with Gasteiger partial charge < -0.3 is 4.55 Å². The van der Waals surface area contributed by atoms with E-state index in [2.05, 4.69) is 26.0 Å². The molecule has 0 atom stereocenters. The molecule has 0 N–H and O–H groups in total. The fourth-order valence-corrected chi connectivity index (χ4v) is 5.98. The van der Waals surface area contributed by atoms with Gasteiger partial charge in [0.15, 0.2) is 0 Å². The first-order chi connectivity index (χ1) is 17.5. The van der Waals surface area contributed by atoms with Gasteiger partial charge in [0.25, 0.3) is 0 Å². The van der Waals surface area contributed by atoms with Crippen LogP contribution in [0.25, 0.3) is 10.8 Å². The van der Waals surface area contributed by atoms with Crippen LogP contribution in [-0.4, -0.2) is 13.0 Å². The molecule has 0 aliphatic rings. The fraction of sp³-hybridized carbons (Fsp3) is 0.688. The minimum Gasteiger partial charge on any atom is -0.744 e. The zero-order valence-corrected chi connectivity index (χ0v) is 28.1. The predicted molar refractivity (Wildman–Crippen MR) is 154 cm³/mol. The summed E-state index contributed by atoms with van der Waals surface area (Å²) in [5.74, 6) is 0. The van der Waals surface area contributed by atoms with Crippen molar-refractivity contribution in [2.24, 2.45) is 0 Å². The Morgan fingerprint density at radius 3 is 1.43 bits per heavy atom. The number of aryl methyl sites for hydroxylation is 2. The van der Waals surface area contributed by atoms with Gasteiger partial charge >= 0.3 is 51.4 Å². The second-order valence-electron chi connectivity index (χ2n) is 10.8. The number of benzene rings is 2. The fourth-order valence-electron chi connectivity index (χ4n) is 5.23. The molecule has 0 unspecified atom stereocenters. The van der Waals surface area contributed by atoms with Gasteiger partial charge in [-0.15, -0.1) is 0 Å². The number of rotatable bonds is 21. The van der Waals surface area contributed by atoms with E-state index in [-0.39, 0.29) is 56.3 Å². The Morgan fingerprint density at radius 1 is 0.568 bits per heavy atom. The molecule has 0 heterocycles. The molecule has 37 heavy (non-hydrogen) atoms. The normalized spacial score (nSPS) is 11.6. The van der Waals surface area contributed by atoms with E-state index in [4.69, 9.17) is 0 Å². The van der Waals surface area contributed by atoms with Crippen molar-refractivity contribution >= 4 is 20.9 Å². The van der Waals surface area contributed by atoms with Gasteiger partial charge in [-0.05, 0) is 53.6 Å². The molecule has 0 fully saturated rings. The smallest absolute Gasteiger partial charge is 0.744 e. The van der Waals surface area contributed by atoms with Gasteiger partial charge in [-0.2, -0.15) is 0 Å². The van der Waals surface area contributed by atoms with Crippen molar-refractivity contribution in [1.29, 1.82) is 0 Å². The van der Waals surface area contributed by atoms with Gasteiger partial charge in [0.05, 0.1) is 4.90 Å². The number of hydrogen-bond acceptors (Lipinski definition) is 3. The first-order valence-corrected chi connectivity index (χ1v) is 16.4. The molecule has 0 bridgehead atoms. The van der Waals surface area contributed by atoms with Crippen LogP contribution < -0.4 is 51.4 Å². The van der Waals surface area contributed by atoms with Crippen molar-refractivity contribution in [3.8, 4) is 0 Å². The summed E-state index contributed by atoms with van der Waals surface area (Å²) in [5, 5.41) is 1.46. The van der Waals surface area contributed by atoms with Crippen molar-refractivity contribution < 1.29 is 64.4 Å². The van der Waals surface area contributed by atoms with Crippen LogP contribution in [0.15, 0.2) is 35.2 Å². The molecular formula is C32H51KO3S. The molecule has 0 aromatic heterocycles. The van der Waals surface area contributed by atoms with Gasteiger partial charge in [-0.25, -0.2) is 8.42 Å². The molecule has 2 aromatic rings. The molecule has 0 radical (unpaired) electrons. The third-order valence-corrected chi connectivity index (χ3v) is 8.32. The standard InChI is InChI=1S/C32H52O3S.K/c1-3-5-7-9-11-13-15-17-19-21-28-23-24-31-30(25-28)26-29(27-32(31)36(33,34)35)22-20-18-16-14-12-10-8-6-4-2;/h23-27H,3-22H2,1-2H3,(H,33,34,35);/q;+1/p-1. The molecule has 5 heteroatoms. The van der Waals surface area contributed by atoms with E-state index in [1.807, 2.05) is 12.1 Å². The zero-order chi connectivity index (χ0) is 26.1. The zero-order valence-electron chi connectivity index (χ0n) is 24.2. The molecule has 2 aromatic carbocycles. The van der Waals surface area contributed by atoms with Crippen LogP contribution in [0.2, 0.25) is 0 Å². The summed E-state index contributed by atoms with van der Waals surface area (Å²) in [5.41, 5.74) is 2.21. The Bertz CT molecular complexity index is 966. The van der Waals surface area contributed by atoms with E-state index >= 15 is 0 Å². The van der Waals surface area contributed by atoms with Crippen molar-refractivity contribution in [2.45, 2.75) is 147 Å². The Morgan fingerprint density at radius 2 is 0.973 bits per heavy atom. The van der Waals surface area contributed by atoms with Crippen LogP contribution in [-0.2, 0) is 23.0 Å². The number of unbranched alkanes of at least 4 members (excludes halogenated alkanes) is 16. The van der Waals surface area contributed by atoms with Gasteiger partial charge in [0, 0.05) is 0 Å². The molecule has 0 saturated heterocycles. The van der Waals surface area contributed by atoms with Crippen molar-refractivity contribution in [3.05, 3.63) is 41.5 Å². The Hall–Kier alpha value is 0.246. The van der Waals surface area contributed by atoms with Crippen molar-refractivity contribution in [1.82, 2.24) is 0 Å². The molecule has 3 nitrogen and oxygen atoms in total. The van der Waals surface area contributed by atoms with E-state index in [9.17, 15) is 13.0 Å². The summed E-state index contributed by atoms with van der Waals surface area (Å²) < 4.78 is 36.0. The maximum atomic E-state index is 12.0. The van der Waals surface area contributed by atoms with Gasteiger partial charge in [-0.1, -0.05) is 141 Å². The van der Waals surface area contributed by atoms with Crippen LogP contribution in [0.1, 0.15) is 141 Å². The first-order valence-electron chi connectivity index (χ1n) is 15.0. The Balaban J connectivity index is 0.00000684. The Kier molecular flexibility index (Phi) is 20.1. The minimum atomic E-state index is -4.50. The average Bonchev–Trinajstić information content (AvgIpc) is 2.85. The van der Waals surface area contributed by atoms with E-state index in [1.54, 1.807) is 6.07 Å². The van der Waals surface area contributed by atoms with Crippen LogP contribution in [0, 0.1) is 0 Å². The second kappa shape index (κ2) is 21.1. The van der Waals surface area contributed by atoms with E-state index in [0.29, 0.717) is 5.39 Å². The van der Waals surface area contributed by atoms with E-state index < -0.39 is 10.1 Å². The number of hydrogen-bond donors (Lipinski definition) is 0. The molecule has 0 spiro atoms.